The Balaban J connectivity index is 4.77. The fraction of sp³-hybridized carbons (Fsp3) is 0.750. The van der Waals surface area contributed by atoms with Gasteiger partial charge in [0.25, 0.3) is 9.04 Å². The lowest BCUT2D eigenvalue weighted by atomic mass is 10.7. The molecule has 0 N–H and O–H groups in total. The number of hydrogen-bond donors (Lipinski definition) is 0. The standard InChI is InChI=1S/C4H6F3O4SSi/c1-13(2)11-3(8)4(5,6)12(7,9)10/h1-2H3. The zero-order chi connectivity index (χ0) is 10.9. The number of carbonyl (C=O) groups excluding carboxylic acids is 1. The molecule has 9 heteroatoms. The number of alkyl halides is 2. The van der Waals surface area contributed by atoms with Crippen LogP contribution in [0.3, 0.4) is 0 Å². The molecule has 0 aliphatic rings. The highest BCUT2D eigenvalue weighted by Gasteiger charge is 2.55. The predicted molar refractivity (Wildman–Crippen MR) is 38.5 cm³/mol. The molecular formula is C4H6F3O4SSi. The fourth-order valence-corrected chi connectivity index (χ4v) is 1.16. The lowest BCUT2D eigenvalue weighted by Crippen LogP contribution is -2.38. The Hall–Kier alpha value is -0.573. The highest BCUT2D eigenvalue weighted by Crippen LogP contribution is 2.25. The highest BCUT2D eigenvalue weighted by atomic mass is 32.3. The molecule has 0 aliphatic heterocycles. The molecule has 0 atom stereocenters. The molecule has 0 amide bonds. The van der Waals surface area contributed by atoms with E-state index in [9.17, 15) is 25.9 Å². The summed E-state index contributed by atoms with van der Waals surface area (Å²) in [6.07, 6.45) is 0. The first-order valence-electron chi connectivity index (χ1n) is 2.93. The van der Waals surface area contributed by atoms with E-state index in [4.69, 9.17) is 0 Å². The molecule has 0 saturated heterocycles. The van der Waals surface area contributed by atoms with Gasteiger partial charge in [-0.05, 0) is 13.1 Å². The van der Waals surface area contributed by atoms with Crippen LogP contribution in [0.2, 0.25) is 13.1 Å². The summed E-state index contributed by atoms with van der Waals surface area (Å²) in [6.45, 7) is 2.65. The molecule has 0 heterocycles. The monoisotopic (exact) mass is 235 g/mol. The van der Waals surface area contributed by atoms with Gasteiger partial charge in [0.1, 0.15) is 0 Å². The second-order valence-electron chi connectivity index (χ2n) is 2.25. The van der Waals surface area contributed by atoms with Gasteiger partial charge in [-0.2, -0.15) is 17.2 Å². The van der Waals surface area contributed by atoms with Gasteiger partial charge in [-0.1, -0.05) is 3.89 Å². The van der Waals surface area contributed by atoms with Gasteiger partial charge >= 0.3 is 21.4 Å². The summed E-state index contributed by atoms with van der Waals surface area (Å²) in [7, 11) is -8.08. The van der Waals surface area contributed by atoms with Gasteiger partial charge in [0.05, 0.1) is 0 Å². The zero-order valence-electron chi connectivity index (χ0n) is 6.68. The molecule has 0 aromatic carbocycles. The maximum absolute atomic E-state index is 12.3. The molecule has 4 nitrogen and oxygen atoms in total. The lowest BCUT2D eigenvalue weighted by molar-refractivity contribution is -0.151. The van der Waals surface area contributed by atoms with Crippen LogP contribution in [-0.2, 0) is 19.4 Å². The molecule has 0 saturated carbocycles. The molecule has 0 spiro atoms. The van der Waals surface area contributed by atoms with Gasteiger partial charge in [0.2, 0.25) is 0 Å². The number of carbonyl (C=O) groups is 1. The average Bonchev–Trinajstić information content (AvgIpc) is 1.82. The van der Waals surface area contributed by atoms with Crippen LogP contribution in [0.15, 0.2) is 0 Å². The first kappa shape index (κ1) is 12.4. The van der Waals surface area contributed by atoms with Crippen LogP contribution < -0.4 is 0 Å². The van der Waals surface area contributed by atoms with Crippen molar-refractivity contribution in [1.82, 2.24) is 0 Å². The van der Waals surface area contributed by atoms with E-state index in [1.807, 2.05) is 0 Å². The van der Waals surface area contributed by atoms with Crippen molar-refractivity contribution in [3.8, 4) is 0 Å². The van der Waals surface area contributed by atoms with E-state index >= 15 is 0 Å². The first-order valence-corrected chi connectivity index (χ1v) is 6.72. The van der Waals surface area contributed by atoms with Crippen molar-refractivity contribution in [2.45, 2.75) is 18.3 Å². The topological polar surface area (TPSA) is 60.4 Å². The van der Waals surface area contributed by atoms with Crippen LogP contribution in [0.25, 0.3) is 0 Å². The summed E-state index contributed by atoms with van der Waals surface area (Å²) in [4.78, 5) is 10.4. The zero-order valence-corrected chi connectivity index (χ0v) is 8.49. The molecule has 0 aromatic rings. The van der Waals surface area contributed by atoms with Crippen LogP contribution in [0.4, 0.5) is 12.7 Å². The Kier molecular flexibility index (Phi) is 3.50. The minimum atomic E-state index is -6.24. The van der Waals surface area contributed by atoms with Crippen molar-refractivity contribution in [2.75, 3.05) is 0 Å². The molecule has 0 bridgehead atoms. The molecule has 0 rings (SSSR count). The summed E-state index contributed by atoms with van der Waals surface area (Å²) in [5, 5.41) is -5.10. The van der Waals surface area contributed by atoms with Crippen molar-refractivity contribution in [2.24, 2.45) is 0 Å². The van der Waals surface area contributed by atoms with Gasteiger partial charge < -0.3 is 4.43 Å². The molecule has 0 aromatic heterocycles. The predicted octanol–water partition coefficient (Wildman–Crippen LogP) is 0.673. The number of hydrogen-bond acceptors (Lipinski definition) is 4. The van der Waals surface area contributed by atoms with Crippen molar-refractivity contribution in [1.29, 1.82) is 0 Å². The summed E-state index contributed by atoms with van der Waals surface area (Å²) in [5.41, 5.74) is 0. The fourth-order valence-electron chi connectivity index (χ4n) is 0.344. The third-order valence-electron chi connectivity index (χ3n) is 0.841. The molecule has 0 unspecified atom stereocenters. The van der Waals surface area contributed by atoms with E-state index < -0.39 is 30.5 Å². The van der Waals surface area contributed by atoms with Gasteiger partial charge in [-0.25, -0.2) is 4.79 Å². The van der Waals surface area contributed by atoms with E-state index in [2.05, 4.69) is 4.43 Å². The first-order chi connectivity index (χ1) is 5.59. The maximum atomic E-state index is 12.3. The Bertz CT molecular complexity index is 299. The molecule has 0 aliphatic carbocycles. The van der Waals surface area contributed by atoms with Crippen LogP contribution in [0.5, 0.6) is 0 Å². The van der Waals surface area contributed by atoms with E-state index in [-0.39, 0.29) is 0 Å². The van der Waals surface area contributed by atoms with E-state index in [0.717, 1.165) is 0 Å². The van der Waals surface area contributed by atoms with Crippen molar-refractivity contribution in [3.63, 3.8) is 0 Å². The molecule has 77 valence electrons. The van der Waals surface area contributed by atoms with Gasteiger partial charge in [0.15, 0.2) is 0 Å². The Morgan fingerprint density at radius 3 is 2.00 bits per heavy atom. The number of rotatable bonds is 3. The summed E-state index contributed by atoms with van der Waals surface area (Å²) < 4.78 is 59.8. The molecular weight excluding hydrogens is 229 g/mol. The average molecular weight is 235 g/mol. The Morgan fingerprint density at radius 2 is 1.77 bits per heavy atom. The van der Waals surface area contributed by atoms with Gasteiger partial charge in [0, 0.05) is 0 Å². The molecule has 0 fully saturated rings. The SMILES string of the molecule is C[Si](C)OC(=O)C(F)(F)S(=O)(=O)F. The smallest absolute Gasteiger partial charge is 0.468 e. The third kappa shape index (κ3) is 2.99. The van der Waals surface area contributed by atoms with Crippen LogP contribution in [-0.4, -0.2) is 28.7 Å². The number of halogens is 3. The van der Waals surface area contributed by atoms with E-state index in [1.165, 1.54) is 13.1 Å². The van der Waals surface area contributed by atoms with E-state index in [0.29, 0.717) is 0 Å². The quantitative estimate of drug-likeness (QED) is 0.533. The second-order valence-corrected chi connectivity index (χ2v) is 5.66. The Labute approximate surface area is 74.6 Å². The van der Waals surface area contributed by atoms with Crippen LogP contribution >= 0.6 is 0 Å². The van der Waals surface area contributed by atoms with Gasteiger partial charge in [-0.3, -0.25) is 0 Å². The second kappa shape index (κ2) is 3.66. The van der Waals surface area contributed by atoms with Crippen molar-refractivity contribution < 1.29 is 30.3 Å². The van der Waals surface area contributed by atoms with E-state index in [1.54, 1.807) is 0 Å². The largest absolute Gasteiger partial charge is 0.513 e. The Morgan fingerprint density at radius 1 is 1.38 bits per heavy atom. The van der Waals surface area contributed by atoms with Gasteiger partial charge in [-0.15, -0.1) is 0 Å². The highest BCUT2D eigenvalue weighted by molar-refractivity contribution is 7.88. The van der Waals surface area contributed by atoms with Crippen LogP contribution in [0.1, 0.15) is 0 Å². The molecule has 1 radical (unpaired) electrons. The minimum Gasteiger partial charge on any atom is -0.513 e. The third-order valence-corrected chi connectivity index (χ3v) is 2.21. The maximum Gasteiger partial charge on any atom is 0.468 e. The normalized spacial score (nSPS) is 13.1. The summed E-state index contributed by atoms with van der Waals surface area (Å²) in [5.74, 6) is -2.37. The summed E-state index contributed by atoms with van der Waals surface area (Å²) >= 11 is 0. The van der Waals surface area contributed by atoms with Crippen molar-refractivity contribution in [3.05, 3.63) is 0 Å². The van der Waals surface area contributed by atoms with Crippen LogP contribution in [0, 0.1) is 0 Å². The minimum absolute atomic E-state index is 1.32. The molecule has 13 heavy (non-hydrogen) atoms. The van der Waals surface area contributed by atoms with Crippen molar-refractivity contribution >= 4 is 25.2 Å². The lowest BCUT2D eigenvalue weighted by Gasteiger charge is -2.12. The summed E-state index contributed by atoms with van der Waals surface area (Å²) in [6, 6.07) is 0.